The van der Waals surface area contributed by atoms with E-state index in [-0.39, 0.29) is 0 Å². The van der Waals surface area contributed by atoms with E-state index in [4.69, 9.17) is 0 Å². The van der Waals surface area contributed by atoms with E-state index in [0.29, 0.717) is 0 Å². The highest BCUT2D eigenvalue weighted by atomic mass is 19.2. The third-order valence-corrected chi connectivity index (χ3v) is 20.0. The second-order valence-corrected chi connectivity index (χ2v) is 27.9. The molecule has 10 N–H and O–H groups in total. The van der Waals surface area contributed by atoms with Crippen LogP contribution >= 0.6 is 0 Å². The highest BCUT2D eigenvalue weighted by Gasteiger charge is 2.43. The smallest absolute Gasteiger partial charge is 0.198 e. The molecule has 0 saturated carbocycles. The van der Waals surface area contributed by atoms with Crippen LogP contribution in [0.4, 0.5) is 267 Å². The molecule has 8 bridgehead atoms. The van der Waals surface area contributed by atoms with Crippen LogP contribution < -0.4 is 42.5 Å². The number of halogens is 40. The van der Waals surface area contributed by atoms with Crippen molar-refractivity contribution in [3.05, 3.63) is 281 Å². The number of H-pyrrole nitrogens is 2. The van der Waals surface area contributed by atoms with E-state index in [1.54, 1.807) is 9.97 Å². The van der Waals surface area contributed by atoms with Crippen LogP contribution in [0.2, 0.25) is 0 Å². The average molecular weight is 1960 g/mol. The predicted octanol–water partition coefficient (Wildman–Crippen LogP) is 26.4. The summed E-state index contributed by atoms with van der Waals surface area (Å²) in [5.41, 5.74) is -58.5. The standard InChI is InChI=1S/C80H18F40N16/c81-9-1-10(82)34(98)61(33(9)97)121-57-29-31(59(123-63-37(101)13(85)3-14(86)38(63)102)71(127-67-45(109)21(93)7-22(94)46(67)110)69(57)125-65-41(105)17(89)5-18(90)42(65)106)79-134-77(29)132-75-27-25(49(113)53(117)55(119)51(27)115)73(130-75)129-74-26-28(52(116)56(120)54(118)50(26)114)76(131-74)133-78-30-32(80(135-78)136-79)60(124-64-39(103)15(87)4-16(88)40(64)104)72(128-68-47(111)23(95)8-24(96)48(68)112)70(126-66-43(107)19(91)6-20(92)44(66)108)58(30)122-62-35(99)11(83)2-12(84)36(62)100/h1-8,121-128H,(H2,129,130,131,132,133,134,135,136). The molecule has 0 aliphatic carbocycles. The van der Waals surface area contributed by atoms with Gasteiger partial charge < -0.3 is 52.5 Å². The molecule has 698 valence electrons. The van der Waals surface area contributed by atoms with Crippen molar-refractivity contribution in [3.8, 4) is 45.6 Å². The quantitative estimate of drug-likeness (QED) is 0.0248. The maximum Gasteiger partial charge on any atom is 0.198 e. The van der Waals surface area contributed by atoms with Gasteiger partial charge in [-0.05, 0) is 0 Å². The van der Waals surface area contributed by atoms with Crippen LogP contribution in [-0.2, 0) is 0 Å². The Morgan fingerprint density at radius 1 is 0.132 bits per heavy atom. The van der Waals surface area contributed by atoms with E-state index < -0.39 is 462 Å². The molecule has 17 rings (SSSR count). The Kier molecular flexibility index (Phi) is 22.1. The van der Waals surface area contributed by atoms with E-state index in [2.05, 4.69) is 29.9 Å². The predicted molar refractivity (Wildman–Crippen MR) is 392 cm³/mol. The summed E-state index contributed by atoms with van der Waals surface area (Å²) in [5.74, 6) is -124. The number of hydrogen-bond donors (Lipinski definition) is 10. The Morgan fingerprint density at radius 3 is 0.471 bits per heavy atom. The molecule has 0 atom stereocenters. The van der Waals surface area contributed by atoms with Crippen molar-refractivity contribution in [2.75, 3.05) is 42.5 Å². The van der Waals surface area contributed by atoms with E-state index in [0.717, 1.165) is 0 Å². The summed E-state index contributed by atoms with van der Waals surface area (Å²) in [6.45, 7) is 0. The van der Waals surface area contributed by atoms with Gasteiger partial charge in [-0.2, -0.15) is 0 Å². The summed E-state index contributed by atoms with van der Waals surface area (Å²) in [4.78, 5) is 26.0. The van der Waals surface area contributed by atoms with Crippen LogP contribution in [-0.4, -0.2) is 39.9 Å². The maximum absolute atomic E-state index is 17.3. The van der Waals surface area contributed by atoms with Gasteiger partial charge in [-0.25, -0.2) is 206 Å². The van der Waals surface area contributed by atoms with Gasteiger partial charge in [0, 0.05) is 48.5 Å². The van der Waals surface area contributed by atoms with Gasteiger partial charge in [0.25, 0.3) is 0 Å². The number of hydrogen-bond acceptors (Lipinski definition) is 14. The fourth-order valence-electron chi connectivity index (χ4n) is 14.0. The molecule has 0 saturated heterocycles. The molecule has 0 fully saturated rings. The first kappa shape index (κ1) is 91.5. The molecule has 0 radical (unpaired) electrons. The molecular formula is C80H18F40N16. The Bertz CT molecular complexity index is 7950. The normalized spacial score (nSPS) is 11.8. The van der Waals surface area contributed by atoms with Gasteiger partial charge in [-0.3, -0.25) is 0 Å². The zero-order valence-corrected chi connectivity index (χ0v) is 63.4. The first-order valence-corrected chi connectivity index (χ1v) is 35.9. The lowest BCUT2D eigenvalue weighted by molar-refractivity contribution is 0.412. The number of benzene rings is 12. The minimum atomic E-state index is -3.10. The second kappa shape index (κ2) is 32.8. The third kappa shape index (κ3) is 14.2. The van der Waals surface area contributed by atoms with Gasteiger partial charge in [0.2, 0.25) is 0 Å². The van der Waals surface area contributed by atoms with E-state index >= 15 is 176 Å². The van der Waals surface area contributed by atoms with E-state index in [1.165, 1.54) is 42.5 Å². The molecule has 136 heavy (non-hydrogen) atoms. The van der Waals surface area contributed by atoms with Crippen LogP contribution in [0.3, 0.4) is 0 Å². The van der Waals surface area contributed by atoms with Crippen molar-refractivity contribution in [1.82, 2.24) is 39.9 Å². The summed E-state index contributed by atoms with van der Waals surface area (Å²) in [7, 11) is 0. The number of aromatic amines is 2. The van der Waals surface area contributed by atoms with Crippen molar-refractivity contribution in [2.24, 2.45) is 0 Å². The van der Waals surface area contributed by atoms with Crippen molar-refractivity contribution in [1.29, 1.82) is 0 Å². The zero-order chi connectivity index (χ0) is 98.5. The number of fused-ring (bicyclic) bond motifs is 20. The fraction of sp³-hybridized carbons (Fsp3) is 0. The summed E-state index contributed by atoms with van der Waals surface area (Å²) < 4.78 is 660. The van der Waals surface area contributed by atoms with Gasteiger partial charge in [0.1, 0.15) is 68.1 Å². The molecule has 3 aromatic heterocycles. The molecule has 2 aliphatic heterocycles. The Hall–Kier alpha value is -16.4. The molecule has 0 amide bonds. The lowest BCUT2D eigenvalue weighted by atomic mass is 9.97. The van der Waals surface area contributed by atoms with Crippen molar-refractivity contribution in [2.45, 2.75) is 0 Å². The van der Waals surface area contributed by atoms with Crippen molar-refractivity contribution >= 4 is 135 Å². The van der Waals surface area contributed by atoms with E-state index in [1.807, 2.05) is 0 Å². The van der Waals surface area contributed by atoms with Gasteiger partial charge in [-0.1, -0.05) is 0 Å². The summed E-state index contributed by atoms with van der Waals surface area (Å²) in [6, 6.07) is -5.81. The minimum Gasteiger partial charge on any atom is -0.348 e. The first-order valence-electron chi connectivity index (χ1n) is 35.9. The highest BCUT2D eigenvalue weighted by molar-refractivity contribution is 6.26. The molecular weight excluding hydrogens is 1940 g/mol. The van der Waals surface area contributed by atoms with Gasteiger partial charge in [0.05, 0.1) is 89.3 Å². The minimum absolute atomic E-state index is 0.716. The Labute approximate surface area is 718 Å². The highest BCUT2D eigenvalue weighted by Crippen LogP contribution is 2.60. The monoisotopic (exact) mass is 1960 g/mol. The van der Waals surface area contributed by atoms with Gasteiger partial charge >= 0.3 is 0 Å². The fourth-order valence-corrected chi connectivity index (χ4v) is 14.0. The molecule has 0 unspecified atom stereocenters. The number of anilines is 16. The molecule has 15 aromatic rings. The summed E-state index contributed by atoms with van der Waals surface area (Å²) in [6.07, 6.45) is 0. The van der Waals surface area contributed by atoms with Gasteiger partial charge in [-0.15, -0.1) is 0 Å². The van der Waals surface area contributed by atoms with Crippen LogP contribution in [0, 0.1) is 233 Å². The molecule has 5 heterocycles. The molecule has 0 spiro atoms. The lowest BCUT2D eigenvalue weighted by Gasteiger charge is -2.27. The molecule has 16 nitrogen and oxygen atoms in total. The largest absolute Gasteiger partial charge is 0.348 e. The van der Waals surface area contributed by atoms with Crippen LogP contribution in [0.1, 0.15) is 0 Å². The van der Waals surface area contributed by atoms with Gasteiger partial charge in [0.15, 0.2) is 256 Å². The number of nitrogens with zero attached hydrogens (tertiary/aromatic N) is 6. The topological polar surface area (TPSA) is 205 Å². The Balaban J connectivity index is 1.24. The summed E-state index contributed by atoms with van der Waals surface area (Å²) in [5, 5.41) is 1.77. The van der Waals surface area contributed by atoms with Crippen LogP contribution in [0.25, 0.3) is 89.7 Å². The average Bonchev–Trinajstić information content (AvgIpc) is 1.53. The summed E-state index contributed by atoms with van der Waals surface area (Å²) >= 11 is 0. The lowest BCUT2D eigenvalue weighted by Crippen LogP contribution is -2.14. The van der Waals surface area contributed by atoms with E-state index in [9.17, 15) is 0 Å². The first-order chi connectivity index (χ1) is 64.0. The molecule has 2 aliphatic rings. The SMILES string of the molecule is Fc1cc(F)c(F)c(Nc2c(Nc3c(F)c(F)cc(F)c3F)c(Nc3c(F)c(F)cc(F)c3F)c3c(c2Nc2c(F)c(F)cc(F)c2F)-c2nc-3nc3[nH]c(nc4nc(nc5[nH]c(n2)c2c(F)c(F)c(F)c(F)c52)-c2c(F)c(F)c(F)c(F)c2-4)c2c(Nc4c(F)c(F)cc(F)c4F)c(Nc4c(F)c(F)cc(F)c4F)c(Nc4c(F)c(F)cc(F)c4F)c(Nc4c(F)c(F)cc(F)c4F)c32)c1F. The van der Waals surface area contributed by atoms with Crippen molar-refractivity contribution < 1.29 is 176 Å². The third-order valence-electron chi connectivity index (χ3n) is 20.0. The molecule has 12 aromatic carbocycles. The maximum atomic E-state index is 17.3. The second-order valence-electron chi connectivity index (χ2n) is 27.9. The van der Waals surface area contributed by atoms with Crippen molar-refractivity contribution in [3.63, 3.8) is 0 Å². The zero-order valence-electron chi connectivity index (χ0n) is 63.4. The number of rotatable bonds is 16. The molecule has 56 heteroatoms. The Morgan fingerprint density at radius 2 is 0.279 bits per heavy atom. The van der Waals surface area contributed by atoms with Crippen LogP contribution in [0.5, 0.6) is 0 Å². The number of aromatic nitrogens is 8. The van der Waals surface area contributed by atoms with Crippen LogP contribution in [0.15, 0.2) is 48.5 Å². The number of nitrogens with one attached hydrogen (secondary N) is 10.